The van der Waals surface area contributed by atoms with Crippen LogP contribution in [0.1, 0.15) is 27.2 Å². The minimum absolute atomic E-state index is 0.103. The fourth-order valence-electron chi connectivity index (χ4n) is 2.03. The fraction of sp³-hybridized carbons (Fsp3) is 0.857. The van der Waals surface area contributed by atoms with E-state index >= 15 is 0 Å². The summed E-state index contributed by atoms with van der Waals surface area (Å²) in [5.74, 6) is 0.582. The van der Waals surface area contributed by atoms with E-state index in [0.717, 1.165) is 26.2 Å². The van der Waals surface area contributed by atoms with E-state index in [9.17, 15) is 9.59 Å². The zero-order chi connectivity index (χ0) is 15.0. The maximum Gasteiger partial charge on any atom is 0.409 e. The highest BCUT2D eigenvalue weighted by atomic mass is 16.6. The smallest absolute Gasteiger partial charge is 0.409 e. The third kappa shape index (κ3) is 6.23. The highest BCUT2D eigenvalue weighted by Gasteiger charge is 2.21. The van der Waals surface area contributed by atoms with Crippen molar-refractivity contribution in [2.24, 2.45) is 5.92 Å². The van der Waals surface area contributed by atoms with Crippen molar-refractivity contribution in [3.63, 3.8) is 0 Å². The molecule has 0 atom stereocenters. The predicted molar refractivity (Wildman–Crippen MR) is 77.5 cm³/mol. The highest BCUT2D eigenvalue weighted by Crippen LogP contribution is 2.04. The van der Waals surface area contributed by atoms with Crippen LogP contribution in [0.3, 0.4) is 0 Å². The molecule has 6 heteroatoms. The summed E-state index contributed by atoms with van der Waals surface area (Å²) in [6.45, 7) is 10.8. The van der Waals surface area contributed by atoms with Crippen molar-refractivity contribution >= 4 is 12.0 Å². The van der Waals surface area contributed by atoms with Gasteiger partial charge in [-0.25, -0.2) is 4.79 Å². The van der Waals surface area contributed by atoms with Crippen LogP contribution in [0.25, 0.3) is 0 Å². The van der Waals surface area contributed by atoms with E-state index in [0.29, 0.717) is 32.0 Å². The molecular weight excluding hydrogens is 258 g/mol. The molecule has 1 rings (SSSR count). The van der Waals surface area contributed by atoms with Crippen molar-refractivity contribution in [2.45, 2.75) is 27.2 Å². The number of piperazine rings is 1. The van der Waals surface area contributed by atoms with Crippen LogP contribution >= 0.6 is 0 Å². The molecule has 116 valence electrons. The lowest BCUT2D eigenvalue weighted by molar-refractivity contribution is -0.121. The first-order valence-corrected chi connectivity index (χ1v) is 7.43. The summed E-state index contributed by atoms with van der Waals surface area (Å²) in [4.78, 5) is 27.1. The van der Waals surface area contributed by atoms with Crippen LogP contribution in [0, 0.1) is 5.92 Å². The van der Waals surface area contributed by atoms with Gasteiger partial charge in [0.1, 0.15) is 0 Å². The van der Waals surface area contributed by atoms with Crippen LogP contribution in [-0.2, 0) is 9.53 Å². The summed E-state index contributed by atoms with van der Waals surface area (Å²) < 4.78 is 4.97. The van der Waals surface area contributed by atoms with Gasteiger partial charge < -0.3 is 15.0 Å². The second-order valence-corrected chi connectivity index (χ2v) is 5.48. The SMILES string of the molecule is CCOC(=O)N1CCN(CCC(=O)NCC(C)C)CC1. The topological polar surface area (TPSA) is 61.9 Å². The third-order valence-corrected chi connectivity index (χ3v) is 3.26. The minimum Gasteiger partial charge on any atom is -0.450 e. The Morgan fingerprint density at radius 2 is 1.85 bits per heavy atom. The lowest BCUT2D eigenvalue weighted by Gasteiger charge is -2.33. The molecule has 0 spiro atoms. The van der Waals surface area contributed by atoms with Gasteiger partial charge in [0.05, 0.1) is 6.61 Å². The number of ether oxygens (including phenoxy) is 1. The van der Waals surface area contributed by atoms with E-state index < -0.39 is 0 Å². The molecule has 20 heavy (non-hydrogen) atoms. The molecule has 1 heterocycles. The van der Waals surface area contributed by atoms with Gasteiger partial charge in [0, 0.05) is 45.7 Å². The Morgan fingerprint density at radius 1 is 1.20 bits per heavy atom. The Hall–Kier alpha value is -1.30. The van der Waals surface area contributed by atoms with Crippen molar-refractivity contribution in [1.82, 2.24) is 15.1 Å². The van der Waals surface area contributed by atoms with Crippen LogP contribution in [0.2, 0.25) is 0 Å². The number of hydrogen-bond acceptors (Lipinski definition) is 4. The normalized spacial score (nSPS) is 16.3. The standard InChI is InChI=1S/C14H27N3O3/c1-4-20-14(19)17-9-7-16(8-10-17)6-5-13(18)15-11-12(2)3/h12H,4-11H2,1-3H3,(H,15,18). The molecule has 0 unspecified atom stereocenters. The minimum atomic E-state index is -0.234. The molecule has 1 N–H and O–H groups in total. The average Bonchev–Trinajstić information content (AvgIpc) is 2.43. The van der Waals surface area contributed by atoms with Gasteiger partial charge in [-0.1, -0.05) is 13.8 Å². The third-order valence-electron chi connectivity index (χ3n) is 3.26. The van der Waals surface area contributed by atoms with Crippen molar-refractivity contribution < 1.29 is 14.3 Å². The summed E-state index contributed by atoms with van der Waals surface area (Å²) >= 11 is 0. The predicted octanol–water partition coefficient (Wildman–Crippen LogP) is 0.923. The van der Waals surface area contributed by atoms with Gasteiger partial charge in [0.25, 0.3) is 0 Å². The molecule has 6 nitrogen and oxygen atoms in total. The van der Waals surface area contributed by atoms with Gasteiger partial charge >= 0.3 is 6.09 Å². The van der Waals surface area contributed by atoms with Crippen LogP contribution in [0.5, 0.6) is 0 Å². The van der Waals surface area contributed by atoms with Crippen LogP contribution in [0.15, 0.2) is 0 Å². The van der Waals surface area contributed by atoms with Gasteiger partial charge in [-0.05, 0) is 12.8 Å². The van der Waals surface area contributed by atoms with E-state index in [1.165, 1.54) is 0 Å². The van der Waals surface area contributed by atoms with Gasteiger partial charge in [-0.15, -0.1) is 0 Å². The van der Waals surface area contributed by atoms with E-state index in [1.807, 2.05) is 6.92 Å². The number of carbonyl (C=O) groups excluding carboxylic acids is 2. The second kappa shape index (κ2) is 8.79. The summed E-state index contributed by atoms with van der Waals surface area (Å²) in [5, 5.41) is 2.92. The molecule has 0 bridgehead atoms. The van der Waals surface area contributed by atoms with Crippen molar-refractivity contribution in [2.75, 3.05) is 45.9 Å². The Balaban J connectivity index is 2.16. The summed E-state index contributed by atoms with van der Waals surface area (Å²) in [6, 6.07) is 0. The monoisotopic (exact) mass is 285 g/mol. The van der Waals surface area contributed by atoms with Crippen molar-refractivity contribution in [3.05, 3.63) is 0 Å². The van der Waals surface area contributed by atoms with E-state index in [4.69, 9.17) is 4.74 Å². The van der Waals surface area contributed by atoms with Gasteiger partial charge in [0.2, 0.25) is 5.91 Å². The van der Waals surface area contributed by atoms with Crippen LogP contribution in [-0.4, -0.2) is 67.7 Å². The first-order valence-electron chi connectivity index (χ1n) is 7.43. The molecule has 0 aromatic rings. The first kappa shape index (κ1) is 16.8. The van der Waals surface area contributed by atoms with E-state index in [2.05, 4.69) is 24.1 Å². The number of rotatable bonds is 6. The number of carbonyl (C=O) groups is 2. The van der Waals surface area contributed by atoms with E-state index in [1.54, 1.807) is 4.90 Å². The Labute approximate surface area is 121 Å². The Bertz CT molecular complexity index is 313. The summed E-state index contributed by atoms with van der Waals surface area (Å²) in [7, 11) is 0. The number of nitrogens with one attached hydrogen (secondary N) is 1. The zero-order valence-corrected chi connectivity index (χ0v) is 12.9. The number of nitrogens with zero attached hydrogens (tertiary/aromatic N) is 2. The molecule has 0 saturated carbocycles. The molecule has 1 aliphatic rings. The number of hydrogen-bond donors (Lipinski definition) is 1. The lowest BCUT2D eigenvalue weighted by Crippen LogP contribution is -2.49. The van der Waals surface area contributed by atoms with Crippen LogP contribution < -0.4 is 5.32 Å². The van der Waals surface area contributed by atoms with Gasteiger partial charge in [-0.3, -0.25) is 9.69 Å². The Kier molecular flexibility index (Phi) is 7.36. The molecule has 0 aliphatic carbocycles. The fourth-order valence-corrected chi connectivity index (χ4v) is 2.03. The van der Waals surface area contributed by atoms with Crippen LogP contribution in [0.4, 0.5) is 4.79 Å². The largest absolute Gasteiger partial charge is 0.450 e. The van der Waals surface area contributed by atoms with Crippen molar-refractivity contribution in [3.8, 4) is 0 Å². The number of amides is 2. The average molecular weight is 285 g/mol. The molecule has 1 aliphatic heterocycles. The maximum absolute atomic E-state index is 11.6. The first-order chi connectivity index (χ1) is 9.52. The van der Waals surface area contributed by atoms with Crippen molar-refractivity contribution in [1.29, 1.82) is 0 Å². The molecule has 0 aromatic heterocycles. The second-order valence-electron chi connectivity index (χ2n) is 5.48. The molecular formula is C14H27N3O3. The zero-order valence-electron chi connectivity index (χ0n) is 12.9. The molecule has 0 aromatic carbocycles. The maximum atomic E-state index is 11.6. The van der Waals surface area contributed by atoms with Gasteiger partial charge in [-0.2, -0.15) is 0 Å². The highest BCUT2D eigenvalue weighted by molar-refractivity contribution is 5.76. The summed E-state index contributed by atoms with van der Waals surface area (Å²) in [5.41, 5.74) is 0. The quantitative estimate of drug-likeness (QED) is 0.788. The lowest BCUT2D eigenvalue weighted by atomic mass is 10.2. The molecule has 0 radical (unpaired) electrons. The Morgan fingerprint density at radius 3 is 2.40 bits per heavy atom. The summed E-state index contributed by atoms with van der Waals surface area (Å²) in [6.07, 6.45) is 0.286. The molecule has 2 amide bonds. The molecule has 1 fully saturated rings. The molecule has 1 saturated heterocycles. The van der Waals surface area contributed by atoms with E-state index in [-0.39, 0.29) is 12.0 Å². The van der Waals surface area contributed by atoms with Gasteiger partial charge in [0.15, 0.2) is 0 Å².